The van der Waals surface area contributed by atoms with Crippen LogP contribution in [-0.4, -0.2) is 18.0 Å². The molecule has 0 unspecified atom stereocenters. The second-order valence-electron chi connectivity index (χ2n) is 12.6. The van der Waals surface area contributed by atoms with E-state index in [1.54, 1.807) is 0 Å². The average molecular weight is 776 g/mol. The maximum Gasteiger partial charge on any atom is 0.0798 e. The third-order valence-corrected chi connectivity index (χ3v) is 9.97. The van der Waals surface area contributed by atoms with Gasteiger partial charge in [0.05, 0.1) is 8.07 Å². The standard InChI is InChI=1S/C20H26NSi.C20H18N.Ir/c1-22(2,3)20-15-21-19(17-11-5-4-6-12-17)14-18(20)13-16-9-7-8-10-16;1-15(2)16-8-10-17(11-9-16)19-12-13-21-20(14-19)18-6-4-3-5-7-18;/h4-6,11,14-16H,7-10,13H2,1-3H3;3-6,8-15H,1-2H3;/q2*-1;/i13D2;15D;. The Morgan fingerprint density at radius 1 is 0.818 bits per heavy atom. The van der Waals surface area contributed by atoms with Crippen molar-refractivity contribution in [3.05, 3.63) is 127 Å². The maximum atomic E-state index is 8.90. The SMILES string of the molecule is [2H]C(C)(C)c1ccc(-c2ccnc(-c3[c-]cccc3)c2)cc1.[2H]C([2H])(c1cc(-c2[c-]cccc2)ncc1[Si](C)(C)C)C1CCCC1.[Ir]. The van der Waals surface area contributed by atoms with E-state index in [-0.39, 0.29) is 26.0 Å². The fraction of sp³-hybridized carbons (Fsp3) is 0.300. The number of aromatic nitrogens is 2. The van der Waals surface area contributed by atoms with Gasteiger partial charge < -0.3 is 9.97 Å². The van der Waals surface area contributed by atoms with Gasteiger partial charge in [-0.25, -0.2) is 0 Å². The number of hydrogen-bond donors (Lipinski definition) is 0. The van der Waals surface area contributed by atoms with Crippen LogP contribution in [0.15, 0.2) is 103 Å². The molecule has 0 amide bonds. The predicted octanol–water partition coefficient (Wildman–Crippen LogP) is 10.2. The Hall–Kier alpha value is -3.17. The Bertz CT molecular complexity index is 1730. The van der Waals surface area contributed by atoms with Crippen LogP contribution in [-0.2, 0) is 26.5 Å². The number of benzene rings is 3. The zero-order valence-electron chi connectivity index (χ0n) is 29.4. The molecule has 0 aliphatic heterocycles. The van der Waals surface area contributed by atoms with Gasteiger partial charge in [0.2, 0.25) is 0 Å². The molecule has 0 atom stereocenters. The van der Waals surface area contributed by atoms with Gasteiger partial charge in [0, 0.05) is 36.6 Å². The van der Waals surface area contributed by atoms with Crippen molar-refractivity contribution in [3.63, 3.8) is 0 Å². The van der Waals surface area contributed by atoms with E-state index in [4.69, 9.17) is 4.11 Å². The molecule has 1 aliphatic rings. The topological polar surface area (TPSA) is 25.8 Å². The minimum absolute atomic E-state index is 0. The fourth-order valence-corrected chi connectivity index (χ4v) is 6.87. The number of hydrogen-bond acceptors (Lipinski definition) is 2. The quantitative estimate of drug-likeness (QED) is 0.122. The predicted molar refractivity (Wildman–Crippen MR) is 185 cm³/mol. The largest absolute Gasteiger partial charge is 0.305 e. The summed E-state index contributed by atoms with van der Waals surface area (Å²) in [4.78, 5) is 9.08. The molecule has 0 bridgehead atoms. The van der Waals surface area contributed by atoms with Gasteiger partial charge in [-0.1, -0.05) is 101 Å². The summed E-state index contributed by atoms with van der Waals surface area (Å²) < 4.78 is 25.9. The number of nitrogens with zero attached hydrogens (tertiary/aromatic N) is 2. The Morgan fingerprint density at radius 2 is 1.43 bits per heavy atom. The van der Waals surface area contributed by atoms with E-state index < -0.39 is 20.3 Å². The van der Waals surface area contributed by atoms with Gasteiger partial charge in [-0.2, -0.15) is 0 Å². The van der Waals surface area contributed by atoms with Gasteiger partial charge in [0.1, 0.15) is 0 Å². The molecule has 5 aromatic rings. The van der Waals surface area contributed by atoms with Crippen molar-refractivity contribution in [2.75, 3.05) is 0 Å². The summed E-state index contributed by atoms with van der Waals surface area (Å²) in [6.07, 6.45) is 6.77. The van der Waals surface area contributed by atoms with Gasteiger partial charge in [-0.05, 0) is 57.5 Å². The molecule has 2 heterocycles. The molecule has 44 heavy (non-hydrogen) atoms. The van der Waals surface area contributed by atoms with Crippen molar-refractivity contribution < 1.29 is 24.2 Å². The summed E-state index contributed by atoms with van der Waals surface area (Å²) in [6, 6.07) is 36.3. The molecule has 0 spiro atoms. The summed E-state index contributed by atoms with van der Waals surface area (Å²) in [5, 5.41) is 1.15. The van der Waals surface area contributed by atoms with E-state index in [0.717, 1.165) is 75.6 Å². The first-order valence-electron chi connectivity index (χ1n) is 16.9. The van der Waals surface area contributed by atoms with Crippen LogP contribution >= 0.6 is 0 Å². The van der Waals surface area contributed by atoms with Crippen molar-refractivity contribution in [3.8, 4) is 33.6 Å². The molecule has 0 saturated heterocycles. The Labute approximate surface area is 284 Å². The maximum absolute atomic E-state index is 8.90. The van der Waals surface area contributed by atoms with Crippen molar-refractivity contribution in [1.29, 1.82) is 0 Å². The van der Waals surface area contributed by atoms with Crippen molar-refractivity contribution >= 4 is 13.3 Å². The van der Waals surface area contributed by atoms with Gasteiger partial charge in [0.15, 0.2) is 0 Å². The average Bonchev–Trinajstić information content (AvgIpc) is 3.62. The summed E-state index contributed by atoms with van der Waals surface area (Å²) in [5.74, 6) is -0.441. The summed E-state index contributed by atoms with van der Waals surface area (Å²) in [6.45, 7) is 10.6. The third-order valence-electron chi connectivity index (χ3n) is 7.95. The number of rotatable bonds is 7. The Morgan fingerprint density at radius 3 is 1.98 bits per heavy atom. The van der Waals surface area contributed by atoms with Crippen LogP contribution < -0.4 is 5.19 Å². The molecule has 2 aromatic heterocycles. The second-order valence-corrected chi connectivity index (χ2v) is 17.6. The molecule has 1 aliphatic carbocycles. The van der Waals surface area contributed by atoms with Crippen molar-refractivity contribution in [2.45, 2.75) is 71.4 Å². The zero-order valence-corrected chi connectivity index (χ0v) is 29.8. The molecular weight excluding hydrogens is 729 g/mol. The molecule has 1 fully saturated rings. The smallest absolute Gasteiger partial charge is 0.0798 e. The molecule has 3 aromatic carbocycles. The second kappa shape index (κ2) is 15.7. The van der Waals surface area contributed by atoms with E-state index in [1.807, 2.05) is 99.0 Å². The first-order chi connectivity index (χ1) is 21.8. The molecule has 4 heteroatoms. The summed E-state index contributed by atoms with van der Waals surface area (Å²) in [5.41, 5.74) is 7.82. The van der Waals surface area contributed by atoms with Crippen LogP contribution in [0, 0.1) is 18.1 Å². The zero-order chi connectivity index (χ0) is 33.0. The minimum Gasteiger partial charge on any atom is -0.305 e. The fourth-order valence-electron chi connectivity index (χ4n) is 5.47. The normalized spacial score (nSPS) is 14.8. The monoisotopic (exact) mass is 776 g/mol. The van der Waals surface area contributed by atoms with Crippen LogP contribution in [0.2, 0.25) is 19.6 Å². The van der Waals surface area contributed by atoms with Crippen molar-refractivity contribution in [2.24, 2.45) is 5.92 Å². The van der Waals surface area contributed by atoms with E-state index in [1.165, 1.54) is 0 Å². The molecule has 1 saturated carbocycles. The van der Waals surface area contributed by atoms with Gasteiger partial charge in [0.25, 0.3) is 0 Å². The van der Waals surface area contributed by atoms with Crippen LogP contribution in [0.1, 0.15) is 60.7 Å². The van der Waals surface area contributed by atoms with Crippen LogP contribution in [0.5, 0.6) is 0 Å². The Kier molecular flexibility index (Phi) is 10.5. The molecule has 0 N–H and O–H groups in total. The first-order valence-corrected chi connectivity index (χ1v) is 18.9. The van der Waals surface area contributed by atoms with E-state index in [2.05, 4.69) is 59.9 Å². The number of pyridine rings is 2. The van der Waals surface area contributed by atoms with E-state index >= 15 is 0 Å². The minimum atomic E-state index is -1.68. The van der Waals surface area contributed by atoms with E-state index in [0.29, 0.717) is 0 Å². The Balaban J connectivity index is 0.000000209. The molecule has 229 valence electrons. The van der Waals surface area contributed by atoms with Crippen LogP contribution in [0.3, 0.4) is 0 Å². The van der Waals surface area contributed by atoms with Crippen LogP contribution in [0.25, 0.3) is 33.6 Å². The van der Waals surface area contributed by atoms with E-state index in [9.17, 15) is 0 Å². The first kappa shape index (κ1) is 29.5. The third kappa shape index (κ3) is 8.94. The summed E-state index contributed by atoms with van der Waals surface area (Å²) >= 11 is 0. The molecule has 1 radical (unpaired) electrons. The van der Waals surface area contributed by atoms with Gasteiger partial charge in [-0.15, -0.1) is 71.8 Å². The molecule has 6 rings (SSSR count). The van der Waals surface area contributed by atoms with Gasteiger partial charge >= 0.3 is 0 Å². The summed E-state index contributed by atoms with van der Waals surface area (Å²) in [7, 11) is -1.68. The van der Waals surface area contributed by atoms with Crippen molar-refractivity contribution in [1.82, 2.24) is 9.97 Å². The van der Waals surface area contributed by atoms with Gasteiger partial charge in [-0.3, -0.25) is 0 Å². The van der Waals surface area contributed by atoms with Crippen LogP contribution in [0.4, 0.5) is 0 Å². The molecular formula is C40H44IrN2Si-2. The molecule has 2 nitrogen and oxygen atoms in total.